The monoisotopic (exact) mass is 267 g/mol. The molecule has 0 unspecified atom stereocenters. The van der Waals surface area contributed by atoms with Crippen LogP contribution in [-0.4, -0.2) is 19.1 Å². The van der Waals surface area contributed by atoms with Gasteiger partial charge in [-0.2, -0.15) is 0 Å². The predicted molar refractivity (Wildman–Crippen MR) is 81.3 cm³/mol. The Morgan fingerprint density at radius 2 is 1.95 bits per heavy atom. The fourth-order valence-electron chi connectivity index (χ4n) is 1.84. The van der Waals surface area contributed by atoms with Crippen LogP contribution >= 0.6 is 0 Å². The van der Waals surface area contributed by atoms with Crippen LogP contribution in [0.25, 0.3) is 0 Å². The minimum absolute atomic E-state index is 0.0454. The van der Waals surface area contributed by atoms with Crippen molar-refractivity contribution in [2.45, 2.75) is 13.3 Å². The quantitative estimate of drug-likeness (QED) is 0.607. The van der Waals surface area contributed by atoms with Gasteiger partial charge in [-0.25, -0.2) is 0 Å². The highest BCUT2D eigenvalue weighted by Crippen LogP contribution is 2.14. The van der Waals surface area contributed by atoms with E-state index in [2.05, 4.69) is 4.99 Å². The maximum atomic E-state index is 12.0. The van der Waals surface area contributed by atoms with E-state index in [4.69, 9.17) is 4.74 Å². The SMILES string of the molecule is COc1ccc(C(=O)CC=Nc2cccc(C)c2)cc1. The standard InChI is InChI=1S/C17H17NO2/c1-13-4-3-5-15(12-13)18-11-10-17(19)14-6-8-16(20-2)9-7-14/h3-9,11-12H,10H2,1-2H3. The number of carbonyl (C=O) groups is 1. The van der Waals surface area contributed by atoms with Gasteiger partial charge in [0.05, 0.1) is 12.8 Å². The van der Waals surface area contributed by atoms with Gasteiger partial charge in [0, 0.05) is 18.2 Å². The van der Waals surface area contributed by atoms with E-state index in [1.165, 1.54) is 0 Å². The first-order chi connectivity index (χ1) is 9.69. The largest absolute Gasteiger partial charge is 0.497 e. The summed E-state index contributed by atoms with van der Waals surface area (Å²) in [5.74, 6) is 0.791. The smallest absolute Gasteiger partial charge is 0.168 e. The van der Waals surface area contributed by atoms with Gasteiger partial charge in [0.1, 0.15) is 5.75 Å². The number of ether oxygens (including phenoxy) is 1. The first-order valence-corrected chi connectivity index (χ1v) is 6.45. The highest BCUT2D eigenvalue weighted by Gasteiger charge is 2.03. The molecule has 2 aromatic carbocycles. The minimum atomic E-state index is 0.0454. The molecule has 2 aromatic rings. The Balaban J connectivity index is 1.97. The van der Waals surface area contributed by atoms with Crippen LogP contribution in [0.3, 0.4) is 0 Å². The number of benzene rings is 2. The summed E-state index contributed by atoms with van der Waals surface area (Å²) in [6.07, 6.45) is 1.95. The number of nitrogens with zero attached hydrogens (tertiary/aromatic N) is 1. The maximum absolute atomic E-state index is 12.0. The van der Waals surface area contributed by atoms with E-state index in [1.807, 2.05) is 31.2 Å². The molecular weight excluding hydrogens is 250 g/mol. The van der Waals surface area contributed by atoms with Crippen molar-refractivity contribution in [2.75, 3.05) is 7.11 Å². The first-order valence-electron chi connectivity index (χ1n) is 6.45. The molecular formula is C17H17NO2. The number of hydrogen-bond acceptors (Lipinski definition) is 3. The van der Waals surface area contributed by atoms with Crippen molar-refractivity contribution >= 4 is 17.7 Å². The highest BCUT2D eigenvalue weighted by molar-refractivity contribution is 6.03. The van der Waals surface area contributed by atoms with Crippen LogP contribution in [0.1, 0.15) is 22.3 Å². The molecule has 3 heteroatoms. The third kappa shape index (κ3) is 3.79. The Morgan fingerprint density at radius 3 is 2.60 bits per heavy atom. The maximum Gasteiger partial charge on any atom is 0.168 e. The molecule has 0 heterocycles. The lowest BCUT2D eigenvalue weighted by molar-refractivity contribution is 0.100. The molecule has 102 valence electrons. The summed E-state index contributed by atoms with van der Waals surface area (Å²) in [5.41, 5.74) is 2.69. The van der Waals surface area contributed by atoms with Crippen LogP contribution in [0.2, 0.25) is 0 Å². The van der Waals surface area contributed by atoms with Gasteiger partial charge in [-0.1, -0.05) is 12.1 Å². The molecule has 0 radical (unpaired) electrons. The summed E-state index contributed by atoms with van der Waals surface area (Å²) < 4.78 is 5.06. The summed E-state index contributed by atoms with van der Waals surface area (Å²) in [5, 5.41) is 0. The average Bonchev–Trinajstić information content (AvgIpc) is 2.47. The summed E-state index contributed by atoms with van der Waals surface area (Å²) in [4.78, 5) is 16.3. The third-order valence-electron chi connectivity index (χ3n) is 2.93. The van der Waals surface area contributed by atoms with Gasteiger partial charge < -0.3 is 4.74 Å². The third-order valence-corrected chi connectivity index (χ3v) is 2.93. The van der Waals surface area contributed by atoms with Crippen molar-refractivity contribution in [1.29, 1.82) is 0 Å². The zero-order valence-corrected chi connectivity index (χ0v) is 11.7. The summed E-state index contributed by atoms with van der Waals surface area (Å²) in [7, 11) is 1.60. The zero-order chi connectivity index (χ0) is 14.4. The molecule has 20 heavy (non-hydrogen) atoms. The second kappa shape index (κ2) is 6.66. The molecule has 0 amide bonds. The highest BCUT2D eigenvalue weighted by atomic mass is 16.5. The van der Waals surface area contributed by atoms with Gasteiger partial charge in [0.25, 0.3) is 0 Å². The van der Waals surface area contributed by atoms with Crippen LogP contribution in [-0.2, 0) is 0 Å². The molecule has 0 fully saturated rings. The molecule has 2 rings (SSSR count). The molecule has 0 saturated carbocycles. The van der Waals surface area contributed by atoms with Crippen molar-refractivity contribution in [2.24, 2.45) is 4.99 Å². The lowest BCUT2D eigenvalue weighted by Crippen LogP contribution is -1.99. The van der Waals surface area contributed by atoms with Gasteiger partial charge in [0.2, 0.25) is 0 Å². The van der Waals surface area contributed by atoms with E-state index in [1.54, 1.807) is 37.6 Å². The summed E-state index contributed by atoms with van der Waals surface area (Å²) in [6, 6.07) is 15.0. The van der Waals surface area contributed by atoms with E-state index in [-0.39, 0.29) is 5.78 Å². The summed E-state index contributed by atoms with van der Waals surface area (Å²) >= 11 is 0. The van der Waals surface area contributed by atoms with Crippen LogP contribution in [0.5, 0.6) is 5.75 Å². The fraction of sp³-hybridized carbons (Fsp3) is 0.176. The van der Waals surface area contributed by atoms with Crippen molar-refractivity contribution in [1.82, 2.24) is 0 Å². The molecule has 0 aliphatic carbocycles. The minimum Gasteiger partial charge on any atom is -0.497 e. The van der Waals surface area contributed by atoms with E-state index < -0.39 is 0 Å². The number of aliphatic imine (C=N–C) groups is 1. The molecule has 0 aromatic heterocycles. The lowest BCUT2D eigenvalue weighted by Gasteiger charge is -2.01. The molecule has 0 N–H and O–H groups in total. The van der Waals surface area contributed by atoms with Gasteiger partial charge >= 0.3 is 0 Å². The molecule has 0 bridgehead atoms. The Hall–Kier alpha value is -2.42. The van der Waals surface area contributed by atoms with E-state index in [0.717, 1.165) is 17.0 Å². The molecule has 0 saturated heterocycles. The number of hydrogen-bond donors (Lipinski definition) is 0. The second-order valence-corrected chi connectivity index (χ2v) is 4.51. The Labute approximate surface area is 118 Å². The number of aryl methyl sites for hydroxylation is 1. The summed E-state index contributed by atoms with van der Waals surface area (Å²) in [6.45, 7) is 2.02. The topological polar surface area (TPSA) is 38.7 Å². The Morgan fingerprint density at radius 1 is 1.20 bits per heavy atom. The van der Waals surface area contributed by atoms with Crippen molar-refractivity contribution < 1.29 is 9.53 Å². The van der Waals surface area contributed by atoms with Crippen molar-refractivity contribution in [3.8, 4) is 5.75 Å². The van der Waals surface area contributed by atoms with Crippen LogP contribution in [0.4, 0.5) is 5.69 Å². The van der Waals surface area contributed by atoms with Gasteiger partial charge in [0.15, 0.2) is 5.78 Å². The number of ketones is 1. The van der Waals surface area contributed by atoms with E-state index in [9.17, 15) is 4.79 Å². The van der Waals surface area contributed by atoms with E-state index in [0.29, 0.717) is 12.0 Å². The fourth-order valence-corrected chi connectivity index (χ4v) is 1.84. The number of carbonyl (C=O) groups excluding carboxylic acids is 1. The van der Waals surface area contributed by atoms with E-state index >= 15 is 0 Å². The van der Waals surface area contributed by atoms with Gasteiger partial charge in [-0.15, -0.1) is 0 Å². The normalized spacial score (nSPS) is 10.7. The van der Waals surface area contributed by atoms with Crippen LogP contribution in [0.15, 0.2) is 53.5 Å². The lowest BCUT2D eigenvalue weighted by atomic mass is 10.1. The first kappa shape index (κ1) is 14.0. The number of methoxy groups -OCH3 is 1. The second-order valence-electron chi connectivity index (χ2n) is 4.51. The van der Waals surface area contributed by atoms with Gasteiger partial charge in [-0.05, 0) is 48.9 Å². The molecule has 0 spiro atoms. The zero-order valence-electron chi connectivity index (χ0n) is 11.7. The number of rotatable bonds is 5. The van der Waals surface area contributed by atoms with Crippen LogP contribution < -0.4 is 4.74 Å². The van der Waals surface area contributed by atoms with Crippen molar-refractivity contribution in [3.63, 3.8) is 0 Å². The van der Waals surface area contributed by atoms with Crippen LogP contribution in [0, 0.1) is 6.92 Å². The predicted octanol–water partition coefficient (Wildman–Crippen LogP) is 3.98. The number of Topliss-reactive ketones (excluding diaryl/α,β-unsaturated/α-hetero) is 1. The van der Waals surface area contributed by atoms with Gasteiger partial charge in [-0.3, -0.25) is 9.79 Å². The molecule has 0 aliphatic heterocycles. The molecule has 0 aliphatic rings. The van der Waals surface area contributed by atoms with Crippen molar-refractivity contribution in [3.05, 3.63) is 59.7 Å². The Bertz CT molecular complexity index is 615. The molecule has 0 atom stereocenters. The Kier molecular flexibility index (Phi) is 4.66. The molecule has 3 nitrogen and oxygen atoms in total. The average molecular weight is 267 g/mol.